The number of carbonyl (C=O) groups excluding carboxylic acids is 2. The molecule has 1 aliphatic rings. The predicted octanol–water partition coefficient (Wildman–Crippen LogP) is 3.85. The SMILES string of the molecule is O=C1CCC(=O)N1CCCn1c(-c2ccccc2)cc2ccccc21. The molecule has 2 aromatic carbocycles. The molecule has 25 heavy (non-hydrogen) atoms. The molecule has 4 nitrogen and oxygen atoms in total. The van der Waals surface area contributed by atoms with Gasteiger partial charge >= 0.3 is 0 Å². The highest BCUT2D eigenvalue weighted by Gasteiger charge is 2.28. The summed E-state index contributed by atoms with van der Waals surface area (Å²) < 4.78 is 2.29. The zero-order valence-corrected chi connectivity index (χ0v) is 14.0. The molecule has 0 spiro atoms. The third-order valence-electron chi connectivity index (χ3n) is 4.80. The first kappa shape index (κ1) is 15.6. The molecule has 0 bridgehead atoms. The van der Waals surface area contributed by atoms with E-state index < -0.39 is 0 Å². The Kier molecular flexibility index (Phi) is 4.10. The summed E-state index contributed by atoms with van der Waals surface area (Å²) in [4.78, 5) is 25.0. The molecule has 3 aromatic rings. The van der Waals surface area contributed by atoms with Gasteiger partial charge in [-0.3, -0.25) is 14.5 Å². The number of amides is 2. The number of aromatic nitrogens is 1. The van der Waals surface area contributed by atoms with Gasteiger partial charge in [-0.2, -0.15) is 0 Å². The number of aryl methyl sites for hydroxylation is 1. The number of para-hydroxylation sites is 1. The van der Waals surface area contributed by atoms with E-state index in [9.17, 15) is 9.59 Å². The van der Waals surface area contributed by atoms with Crippen LogP contribution in [0.2, 0.25) is 0 Å². The number of hydrogen-bond donors (Lipinski definition) is 0. The van der Waals surface area contributed by atoms with Gasteiger partial charge in [0.05, 0.1) is 0 Å². The van der Waals surface area contributed by atoms with Crippen molar-refractivity contribution < 1.29 is 9.59 Å². The van der Waals surface area contributed by atoms with Crippen molar-refractivity contribution in [2.75, 3.05) is 6.54 Å². The predicted molar refractivity (Wildman–Crippen MR) is 97.9 cm³/mol. The van der Waals surface area contributed by atoms with Crippen molar-refractivity contribution in [1.82, 2.24) is 9.47 Å². The summed E-state index contributed by atoms with van der Waals surface area (Å²) in [6.07, 6.45) is 1.48. The summed E-state index contributed by atoms with van der Waals surface area (Å²) in [7, 11) is 0. The first-order valence-corrected chi connectivity index (χ1v) is 8.71. The molecule has 0 unspecified atom stereocenters. The zero-order valence-electron chi connectivity index (χ0n) is 14.0. The second kappa shape index (κ2) is 6.55. The molecule has 2 amide bonds. The first-order valence-electron chi connectivity index (χ1n) is 8.71. The number of benzene rings is 2. The van der Waals surface area contributed by atoms with Gasteiger partial charge in [-0.15, -0.1) is 0 Å². The van der Waals surface area contributed by atoms with E-state index in [1.807, 2.05) is 30.3 Å². The number of hydrogen-bond acceptors (Lipinski definition) is 2. The third kappa shape index (κ3) is 2.95. The Bertz CT molecular complexity index is 911. The first-order chi connectivity index (χ1) is 12.2. The second-order valence-corrected chi connectivity index (χ2v) is 6.40. The number of imide groups is 1. The normalized spacial score (nSPS) is 14.6. The number of fused-ring (bicyclic) bond motifs is 1. The maximum absolute atomic E-state index is 11.8. The molecule has 1 aliphatic heterocycles. The van der Waals surface area contributed by atoms with E-state index in [2.05, 4.69) is 34.9 Å². The Hall–Kier alpha value is -2.88. The van der Waals surface area contributed by atoms with E-state index in [1.54, 1.807) is 0 Å². The fourth-order valence-corrected chi connectivity index (χ4v) is 3.56. The molecule has 1 saturated heterocycles. The molecular weight excluding hydrogens is 312 g/mol. The van der Waals surface area contributed by atoms with Gasteiger partial charge in [-0.1, -0.05) is 48.5 Å². The Morgan fingerprint density at radius 1 is 0.800 bits per heavy atom. The Labute approximate surface area is 146 Å². The second-order valence-electron chi connectivity index (χ2n) is 6.40. The van der Waals surface area contributed by atoms with E-state index in [-0.39, 0.29) is 11.8 Å². The molecule has 4 rings (SSSR count). The van der Waals surface area contributed by atoms with Crippen LogP contribution in [-0.4, -0.2) is 27.8 Å². The van der Waals surface area contributed by atoms with Crippen LogP contribution in [-0.2, 0) is 16.1 Å². The molecule has 0 N–H and O–H groups in total. The Morgan fingerprint density at radius 3 is 2.24 bits per heavy atom. The van der Waals surface area contributed by atoms with Crippen LogP contribution in [0.25, 0.3) is 22.2 Å². The molecule has 4 heteroatoms. The molecule has 1 aromatic heterocycles. The quantitative estimate of drug-likeness (QED) is 0.666. The summed E-state index contributed by atoms with van der Waals surface area (Å²) in [5.41, 5.74) is 3.52. The molecule has 0 atom stereocenters. The van der Waals surface area contributed by atoms with Gasteiger partial charge in [0.15, 0.2) is 0 Å². The monoisotopic (exact) mass is 332 g/mol. The van der Waals surface area contributed by atoms with E-state index in [4.69, 9.17) is 0 Å². The van der Waals surface area contributed by atoms with Gasteiger partial charge in [-0.25, -0.2) is 0 Å². The number of carbonyl (C=O) groups is 2. The summed E-state index contributed by atoms with van der Waals surface area (Å²) in [5.74, 6) is -0.0729. The van der Waals surface area contributed by atoms with Gasteiger partial charge in [0.25, 0.3) is 0 Å². The lowest BCUT2D eigenvalue weighted by molar-refractivity contribution is -0.138. The van der Waals surface area contributed by atoms with E-state index in [0.29, 0.717) is 19.4 Å². The van der Waals surface area contributed by atoms with E-state index >= 15 is 0 Å². The van der Waals surface area contributed by atoms with Crippen molar-refractivity contribution in [3.8, 4) is 11.3 Å². The average Bonchev–Trinajstić information content (AvgIpc) is 3.17. The van der Waals surface area contributed by atoms with Crippen molar-refractivity contribution in [3.63, 3.8) is 0 Å². The maximum Gasteiger partial charge on any atom is 0.229 e. The number of rotatable bonds is 5. The maximum atomic E-state index is 11.8. The van der Waals surface area contributed by atoms with Crippen LogP contribution in [0.1, 0.15) is 19.3 Å². The third-order valence-corrected chi connectivity index (χ3v) is 4.80. The topological polar surface area (TPSA) is 42.3 Å². The fraction of sp³-hybridized carbons (Fsp3) is 0.238. The molecule has 0 radical (unpaired) electrons. The fourth-order valence-electron chi connectivity index (χ4n) is 3.56. The standard InChI is InChI=1S/C21H20N2O2/c24-20-11-12-21(25)23(20)14-6-13-22-18-10-5-4-9-17(18)15-19(22)16-7-2-1-3-8-16/h1-5,7-10,15H,6,11-14H2. The lowest BCUT2D eigenvalue weighted by Crippen LogP contribution is -2.30. The highest BCUT2D eigenvalue weighted by molar-refractivity contribution is 6.01. The summed E-state index contributed by atoms with van der Waals surface area (Å²) >= 11 is 0. The van der Waals surface area contributed by atoms with Crippen LogP contribution in [0.4, 0.5) is 0 Å². The Morgan fingerprint density at radius 2 is 1.48 bits per heavy atom. The highest BCUT2D eigenvalue weighted by atomic mass is 16.2. The minimum Gasteiger partial charge on any atom is -0.340 e. The smallest absolute Gasteiger partial charge is 0.229 e. The van der Waals surface area contributed by atoms with E-state index in [0.717, 1.165) is 13.0 Å². The summed E-state index contributed by atoms with van der Waals surface area (Å²) in [6, 6.07) is 20.8. The van der Waals surface area contributed by atoms with Crippen molar-refractivity contribution in [2.24, 2.45) is 0 Å². The van der Waals surface area contributed by atoms with Gasteiger partial charge in [0, 0.05) is 42.5 Å². The van der Waals surface area contributed by atoms with Crippen LogP contribution >= 0.6 is 0 Å². The minimum absolute atomic E-state index is 0.0364. The summed E-state index contributed by atoms with van der Waals surface area (Å²) in [5, 5.41) is 1.20. The highest BCUT2D eigenvalue weighted by Crippen LogP contribution is 2.28. The van der Waals surface area contributed by atoms with Crippen molar-refractivity contribution in [2.45, 2.75) is 25.8 Å². The number of nitrogens with zero attached hydrogens (tertiary/aromatic N) is 2. The van der Waals surface area contributed by atoms with Gasteiger partial charge in [0.1, 0.15) is 0 Å². The number of likely N-dealkylation sites (tertiary alicyclic amines) is 1. The lowest BCUT2D eigenvalue weighted by atomic mass is 10.1. The Balaban J connectivity index is 1.62. The molecular formula is C21H20N2O2. The average molecular weight is 332 g/mol. The van der Waals surface area contributed by atoms with Crippen molar-refractivity contribution in [3.05, 3.63) is 60.7 Å². The van der Waals surface area contributed by atoms with Crippen molar-refractivity contribution >= 4 is 22.7 Å². The molecule has 1 fully saturated rings. The summed E-state index contributed by atoms with van der Waals surface area (Å²) in [6.45, 7) is 1.27. The van der Waals surface area contributed by atoms with Crippen LogP contribution in [0.3, 0.4) is 0 Å². The van der Waals surface area contributed by atoms with Crippen LogP contribution in [0.15, 0.2) is 60.7 Å². The van der Waals surface area contributed by atoms with Gasteiger partial charge < -0.3 is 4.57 Å². The van der Waals surface area contributed by atoms with Gasteiger partial charge in [-0.05, 0) is 24.1 Å². The van der Waals surface area contributed by atoms with Crippen LogP contribution < -0.4 is 0 Å². The zero-order chi connectivity index (χ0) is 17.2. The van der Waals surface area contributed by atoms with Crippen LogP contribution in [0, 0.1) is 0 Å². The largest absolute Gasteiger partial charge is 0.340 e. The molecule has 0 aliphatic carbocycles. The van der Waals surface area contributed by atoms with Crippen LogP contribution in [0.5, 0.6) is 0 Å². The lowest BCUT2D eigenvalue weighted by Gasteiger charge is -2.15. The van der Waals surface area contributed by atoms with Gasteiger partial charge in [0.2, 0.25) is 11.8 Å². The molecule has 126 valence electrons. The minimum atomic E-state index is -0.0364. The molecule has 0 saturated carbocycles. The van der Waals surface area contributed by atoms with Crippen molar-refractivity contribution in [1.29, 1.82) is 0 Å². The molecule has 2 heterocycles. The van der Waals surface area contributed by atoms with E-state index in [1.165, 1.54) is 27.1 Å².